The molecular weight excluding hydrogens is 240 g/mol. The van der Waals surface area contributed by atoms with Crippen LogP contribution in [0.2, 0.25) is 0 Å². The van der Waals surface area contributed by atoms with E-state index in [0.29, 0.717) is 6.54 Å². The minimum absolute atomic E-state index is 0.00511. The zero-order valence-corrected chi connectivity index (χ0v) is 11.1. The molecule has 2 unspecified atom stereocenters. The monoisotopic (exact) mass is 262 g/mol. The van der Waals surface area contributed by atoms with Gasteiger partial charge < -0.3 is 16.2 Å². The van der Waals surface area contributed by atoms with Crippen molar-refractivity contribution >= 4 is 5.91 Å². The Morgan fingerprint density at radius 1 is 1.21 bits per heavy atom. The van der Waals surface area contributed by atoms with Crippen molar-refractivity contribution in [3.8, 4) is 0 Å². The molecule has 0 bridgehead atoms. The third-order valence-electron chi connectivity index (χ3n) is 3.83. The lowest BCUT2D eigenvalue weighted by Crippen LogP contribution is -2.43. The summed E-state index contributed by atoms with van der Waals surface area (Å²) in [5.41, 5.74) is 7.91. The summed E-state index contributed by atoms with van der Waals surface area (Å²) < 4.78 is 0. The van der Waals surface area contributed by atoms with E-state index in [1.165, 1.54) is 0 Å². The number of benzene rings is 1. The maximum atomic E-state index is 12.1. The van der Waals surface area contributed by atoms with Crippen LogP contribution in [0.1, 0.15) is 36.8 Å². The van der Waals surface area contributed by atoms with Crippen LogP contribution in [0.4, 0.5) is 0 Å². The van der Waals surface area contributed by atoms with Crippen molar-refractivity contribution in [3.63, 3.8) is 0 Å². The van der Waals surface area contributed by atoms with Crippen molar-refractivity contribution in [2.45, 2.75) is 44.9 Å². The first kappa shape index (κ1) is 14.0. The van der Waals surface area contributed by atoms with E-state index in [1.54, 1.807) is 0 Å². The topological polar surface area (TPSA) is 75.4 Å². The fraction of sp³-hybridized carbons (Fsp3) is 0.533. The Morgan fingerprint density at radius 2 is 1.84 bits per heavy atom. The summed E-state index contributed by atoms with van der Waals surface area (Å²) in [4.78, 5) is 12.1. The Hall–Kier alpha value is -1.39. The highest BCUT2D eigenvalue weighted by molar-refractivity contribution is 5.79. The van der Waals surface area contributed by atoms with E-state index in [1.807, 2.05) is 24.3 Å². The molecule has 4 N–H and O–H groups in total. The highest BCUT2D eigenvalue weighted by Gasteiger charge is 2.27. The average molecular weight is 262 g/mol. The molecule has 1 aromatic carbocycles. The molecule has 1 aliphatic rings. The van der Waals surface area contributed by atoms with Gasteiger partial charge in [0.2, 0.25) is 5.91 Å². The third-order valence-corrected chi connectivity index (χ3v) is 3.83. The highest BCUT2D eigenvalue weighted by Crippen LogP contribution is 2.23. The summed E-state index contributed by atoms with van der Waals surface area (Å²) in [6.07, 6.45) is 4.07. The number of aliphatic hydroxyl groups is 1. The fourth-order valence-electron chi connectivity index (χ4n) is 2.57. The number of carbonyl (C=O) groups excluding carboxylic acids is 1. The smallest absolute Gasteiger partial charge is 0.224 e. The Bertz CT molecular complexity index is 417. The average Bonchev–Trinajstić information content (AvgIpc) is 2.46. The minimum Gasteiger partial charge on any atom is -0.392 e. The van der Waals surface area contributed by atoms with Gasteiger partial charge in [0.15, 0.2) is 0 Å². The first-order valence-corrected chi connectivity index (χ1v) is 6.92. The zero-order chi connectivity index (χ0) is 13.7. The predicted molar refractivity (Wildman–Crippen MR) is 74.1 cm³/mol. The van der Waals surface area contributed by atoms with Crippen molar-refractivity contribution < 1.29 is 9.90 Å². The van der Waals surface area contributed by atoms with E-state index < -0.39 is 0 Å². The molecule has 4 nitrogen and oxygen atoms in total. The van der Waals surface area contributed by atoms with Gasteiger partial charge in [0.25, 0.3) is 0 Å². The molecule has 2 atom stereocenters. The number of aliphatic hydroxyl groups excluding tert-OH is 1. The van der Waals surface area contributed by atoms with Crippen molar-refractivity contribution in [2.75, 3.05) is 0 Å². The number of amides is 1. The lowest BCUT2D eigenvalue weighted by molar-refractivity contribution is -0.126. The number of nitrogens with one attached hydrogen (secondary N) is 1. The maximum absolute atomic E-state index is 12.1. The largest absolute Gasteiger partial charge is 0.392 e. The van der Waals surface area contributed by atoms with E-state index >= 15 is 0 Å². The lowest BCUT2D eigenvalue weighted by atomic mass is 9.84. The molecule has 1 fully saturated rings. The predicted octanol–water partition coefficient (Wildman–Crippen LogP) is 1.31. The summed E-state index contributed by atoms with van der Waals surface area (Å²) in [6.45, 7) is 0.567. The van der Waals surface area contributed by atoms with Crippen molar-refractivity contribution in [2.24, 2.45) is 11.7 Å². The summed E-state index contributed by atoms with van der Waals surface area (Å²) in [5.74, 6) is 0.0314. The van der Waals surface area contributed by atoms with E-state index in [0.717, 1.165) is 36.8 Å². The summed E-state index contributed by atoms with van der Waals surface area (Å²) in [5, 5.41) is 11.9. The van der Waals surface area contributed by atoms with Gasteiger partial charge >= 0.3 is 0 Å². The number of carbonyl (C=O) groups is 1. The first-order valence-electron chi connectivity index (χ1n) is 6.92. The molecule has 4 heteroatoms. The highest BCUT2D eigenvalue weighted by atomic mass is 16.3. The van der Waals surface area contributed by atoms with Gasteiger partial charge in [-0.05, 0) is 24.0 Å². The van der Waals surface area contributed by atoms with Crippen LogP contribution in [0.25, 0.3) is 0 Å². The summed E-state index contributed by atoms with van der Waals surface area (Å²) in [7, 11) is 0. The molecule has 1 aromatic rings. The van der Waals surface area contributed by atoms with Gasteiger partial charge in [0.1, 0.15) is 0 Å². The van der Waals surface area contributed by atoms with E-state index in [2.05, 4.69) is 5.32 Å². The molecule has 0 aromatic heterocycles. The van der Waals surface area contributed by atoms with Gasteiger partial charge in [0.05, 0.1) is 12.5 Å². The standard InChI is InChI=1S/C15H22N2O2/c16-14-4-2-1-3-13(14)15(19)17-9-11-5-7-12(10-18)8-6-11/h5-8,13-14,18H,1-4,9-10,16H2,(H,17,19). The Labute approximate surface area is 114 Å². The van der Waals surface area contributed by atoms with E-state index in [4.69, 9.17) is 10.8 Å². The Morgan fingerprint density at radius 3 is 2.47 bits per heavy atom. The molecule has 1 aliphatic carbocycles. The molecular formula is C15H22N2O2. The number of hydrogen-bond acceptors (Lipinski definition) is 3. The van der Waals surface area contributed by atoms with Crippen LogP contribution in [0, 0.1) is 5.92 Å². The summed E-state index contributed by atoms with van der Waals surface area (Å²) >= 11 is 0. The van der Waals surface area contributed by atoms with Gasteiger partial charge in [-0.2, -0.15) is 0 Å². The van der Waals surface area contributed by atoms with Gasteiger partial charge in [-0.3, -0.25) is 4.79 Å². The van der Waals surface area contributed by atoms with Crippen molar-refractivity contribution in [1.82, 2.24) is 5.32 Å². The van der Waals surface area contributed by atoms with Gasteiger partial charge in [-0.15, -0.1) is 0 Å². The molecule has 2 rings (SSSR count). The van der Waals surface area contributed by atoms with E-state index in [9.17, 15) is 4.79 Å². The number of rotatable bonds is 4. The van der Waals surface area contributed by atoms with Gasteiger partial charge in [0, 0.05) is 12.6 Å². The number of nitrogens with two attached hydrogens (primary N) is 1. The van der Waals surface area contributed by atoms with Gasteiger partial charge in [-0.1, -0.05) is 37.1 Å². The Balaban J connectivity index is 1.85. The van der Waals surface area contributed by atoms with Crippen LogP contribution in [0.3, 0.4) is 0 Å². The quantitative estimate of drug-likeness (QED) is 0.766. The molecule has 0 aliphatic heterocycles. The normalized spacial score (nSPS) is 23.1. The molecule has 0 radical (unpaired) electrons. The van der Waals surface area contributed by atoms with Gasteiger partial charge in [-0.25, -0.2) is 0 Å². The minimum atomic E-state index is -0.0366. The molecule has 0 saturated heterocycles. The van der Waals surface area contributed by atoms with Crippen LogP contribution < -0.4 is 11.1 Å². The molecule has 0 spiro atoms. The maximum Gasteiger partial charge on any atom is 0.224 e. The molecule has 1 saturated carbocycles. The third kappa shape index (κ3) is 3.78. The second-order valence-corrected chi connectivity index (χ2v) is 5.25. The van der Waals surface area contributed by atoms with Crippen LogP contribution in [-0.2, 0) is 17.9 Å². The molecule has 19 heavy (non-hydrogen) atoms. The second-order valence-electron chi connectivity index (χ2n) is 5.25. The van der Waals surface area contributed by atoms with Crippen LogP contribution in [0.5, 0.6) is 0 Å². The van der Waals surface area contributed by atoms with Crippen LogP contribution in [0.15, 0.2) is 24.3 Å². The summed E-state index contributed by atoms with van der Waals surface area (Å²) in [6, 6.07) is 7.59. The van der Waals surface area contributed by atoms with E-state index in [-0.39, 0.29) is 24.5 Å². The zero-order valence-electron chi connectivity index (χ0n) is 11.1. The molecule has 0 heterocycles. The molecule has 1 amide bonds. The molecule has 104 valence electrons. The van der Waals surface area contributed by atoms with Crippen LogP contribution in [-0.4, -0.2) is 17.1 Å². The lowest BCUT2D eigenvalue weighted by Gasteiger charge is -2.27. The number of hydrogen-bond donors (Lipinski definition) is 3. The van der Waals surface area contributed by atoms with Crippen molar-refractivity contribution in [1.29, 1.82) is 0 Å². The second kappa shape index (κ2) is 6.68. The van der Waals surface area contributed by atoms with Crippen molar-refractivity contribution in [3.05, 3.63) is 35.4 Å². The Kier molecular flexibility index (Phi) is 4.93. The fourth-order valence-corrected chi connectivity index (χ4v) is 2.57. The van der Waals surface area contributed by atoms with Crippen LogP contribution >= 0.6 is 0 Å². The SMILES string of the molecule is NC1CCCCC1C(=O)NCc1ccc(CO)cc1. The first-order chi connectivity index (χ1) is 9.20.